The first-order valence-corrected chi connectivity index (χ1v) is 8.20. The smallest absolute Gasteiger partial charge is 0.258 e. The lowest BCUT2D eigenvalue weighted by Gasteiger charge is -2.26. The van der Waals surface area contributed by atoms with E-state index in [9.17, 15) is 4.79 Å². The van der Waals surface area contributed by atoms with Crippen LogP contribution in [-0.4, -0.2) is 18.6 Å². The van der Waals surface area contributed by atoms with E-state index >= 15 is 0 Å². The lowest BCUT2D eigenvalue weighted by molar-refractivity contribution is -0.124. The minimum Gasteiger partial charge on any atom is -0.484 e. The van der Waals surface area contributed by atoms with Crippen LogP contribution >= 0.6 is 15.9 Å². The Bertz CT molecular complexity index is 467. The van der Waals surface area contributed by atoms with Crippen molar-refractivity contribution >= 4 is 21.8 Å². The third-order valence-electron chi connectivity index (χ3n) is 3.54. The Hall–Kier alpha value is -1.03. The van der Waals surface area contributed by atoms with Crippen molar-refractivity contribution in [3.8, 4) is 5.75 Å². The maximum absolute atomic E-state index is 12.0. The number of hydrogen-bond donors (Lipinski definition) is 1. The number of amides is 1. The summed E-state index contributed by atoms with van der Waals surface area (Å²) >= 11 is 3.52. The molecule has 0 aliphatic carbocycles. The molecule has 0 aliphatic heterocycles. The highest BCUT2D eigenvalue weighted by molar-refractivity contribution is 9.10. The Morgan fingerprint density at radius 3 is 2.05 bits per heavy atom. The fraction of sp³-hybridized carbons (Fsp3) is 0.588. The van der Waals surface area contributed by atoms with Crippen LogP contribution in [0.4, 0.5) is 0 Å². The topological polar surface area (TPSA) is 38.3 Å². The van der Waals surface area contributed by atoms with Gasteiger partial charge in [0.1, 0.15) is 5.75 Å². The molecule has 1 N–H and O–H groups in total. The number of halogens is 1. The van der Waals surface area contributed by atoms with Crippen LogP contribution in [0.2, 0.25) is 0 Å². The van der Waals surface area contributed by atoms with E-state index in [0.717, 1.165) is 21.3 Å². The molecule has 0 saturated heterocycles. The summed E-state index contributed by atoms with van der Waals surface area (Å²) in [7, 11) is 0. The van der Waals surface area contributed by atoms with Crippen molar-refractivity contribution in [1.29, 1.82) is 0 Å². The second kappa shape index (κ2) is 7.83. The summed E-state index contributed by atoms with van der Waals surface area (Å²) < 4.78 is 6.69. The average Bonchev–Trinajstić information content (AvgIpc) is 2.38. The molecule has 0 spiro atoms. The summed E-state index contributed by atoms with van der Waals surface area (Å²) in [5.41, 5.74) is 2.21. The lowest BCUT2D eigenvalue weighted by Crippen LogP contribution is -2.44. The number of nitrogens with one attached hydrogen (secondary N) is 1. The molecule has 0 heterocycles. The molecule has 0 atom stereocenters. The number of hydrogen-bond acceptors (Lipinski definition) is 2. The molecule has 0 saturated carbocycles. The molecule has 0 aliphatic rings. The molecule has 0 radical (unpaired) electrons. The van der Waals surface area contributed by atoms with Crippen molar-refractivity contribution in [2.75, 3.05) is 6.61 Å². The molecule has 21 heavy (non-hydrogen) atoms. The van der Waals surface area contributed by atoms with E-state index in [1.54, 1.807) is 0 Å². The quantitative estimate of drug-likeness (QED) is 0.828. The number of ether oxygens (including phenoxy) is 1. The Labute approximate surface area is 136 Å². The number of benzene rings is 1. The molecule has 3 nitrogen and oxygen atoms in total. The minimum absolute atomic E-state index is 0.0520. The van der Waals surface area contributed by atoms with Gasteiger partial charge in [0, 0.05) is 10.5 Å². The second-order valence-electron chi connectivity index (χ2n) is 6.24. The van der Waals surface area contributed by atoms with Gasteiger partial charge in [0.2, 0.25) is 0 Å². The van der Waals surface area contributed by atoms with E-state index in [1.165, 1.54) is 0 Å². The van der Waals surface area contributed by atoms with E-state index in [0.29, 0.717) is 11.8 Å². The number of aryl methyl sites for hydroxylation is 2. The van der Waals surface area contributed by atoms with Crippen LogP contribution < -0.4 is 10.1 Å². The van der Waals surface area contributed by atoms with Gasteiger partial charge >= 0.3 is 0 Å². The Kier molecular flexibility index (Phi) is 6.72. The zero-order valence-electron chi connectivity index (χ0n) is 13.8. The van der Waals surface area contributed by atoms with E-state index in [-0.39, 0.29) is 18.6 Å². The predicted octanol–water partition coefficient (Wildman–Crippen LogP) is 4.24. The number of rotatable bonds is 6. The summed E-state index contributed by atoms with van der Waals surface area (Å²) in [5, 5.41) is 3.05. The maximum atomic E-state index is 12.0. The third-order valence-corrected chi connectivity index (χ3v) is 4.79. The molecular weight excluding hydrogens is 330 g/mol. The Balaban J connectivity index is 2.61. The first kappa shape index (κ1) is 18.0. The summed E-state index contributed by atoms with van der Waals surface area (Å²) in [5.74, 6) is 1.48. The van der Waals surface area contributed by atoms with Crippen LogP contribution in [0.15, 0.2) is 16.6 Å². The van der Waals surface area contributed by atoms with Crippen LogP contribution in [0.25, 0.3) is 0 Å². The van der Waals surface area contributed by atoms with Crippen molar-refractivity contribution in [1.82, 2.24) is 5.32 Å². The minimum atomic E-state index is -0.0689. The molecule has 4 heteroatoms. The summed E-state index contributed by atoms with van der Waals surface area (Å²) in [6.45, 7) is 12.5. The molecule has 0 unspecified atom stereocenters. The van der Waals surface area contributed by atoms with Gasteiger partial charge in [-0.1, -0.05) is 43.6 Å². The highest BCUT2D eigenvalue weighted by Gasteiger charge is 2.19. The van der Waals surface area contributed by atoms with Gasteiger partial charge in [-0.15, -0.1) is 0 Å². The van der Waals surface area contributed by atoms with Gasteiger partial charge in [-0.3, -0.25) is 4.79 Å². The zero-order chi connectivity index (χ0) is 16.2. The summed E-state index contributed by atoms with van der Waals surface area (Å²) in [6.07, 6.45) is 0. The van der Waals surface area contributed by atoms with Gasteiger partial charge in [0.25, 0.3) is 5.91 Å². The van der Waals surface area contributed by atoms with Gasteiger partial charge in [0.15, 0.2) is 6.61 Å². The van der Waals surface area contributed by atoms with Crippen molar-refractivity contribution in [2.45, 2.75) is 47.6 Å². The molecule has 1 amide bonds. The Morgan fingerprint density at radius 2 is 1.62 bits per heavy atom. The first-order chi connectivity index (χ1) is 9.72. The maximum Gasteiger partial charge on any atom is 0.258 e. The first-order valence-electron chi connectivity index (χ1n) is 7.41. The third kappa shape index (κ3) is 5.34. The van der Waals surface area contributed by atoms with Crippen molar-refractivity contribution < 1.29 is 9.53 Å². The van der Waals surface area contributed by atoms with Crippen molar-refractivity contribution in [3.05, 3.63) is 27.7 Å². The van der Waals surface area contributed by atoms with Gasteiger partial charge < -0.3 is 10.1 Å². The van der Waals surface area contributed by atoms with Crippen LogP contribution in [0.1, 0.15) is 38.8 Å². The van der Waals surface area contributed by atoms with Crippen LogP contribution in [-0.2, 0) is 4.79 Å². The highest BCUT2D eigenvalue weighted by Crippen LogP contribution is 2.26. The average molecular weight is 356 g/mol. The van der Waals surface area contributed by atoms with Crippen LogP contribution in [0, 0.1) is 25.7 Å². The summed E-state index contributed by atoms with van der Waals surface area (Å²) in [4.78, 5) is 12.0. The monoisotopic (exact) mass is 355 g/mol. The molecule has 1 rings (SSSR count). The Morgan fingerprint density at radius 1 is 1.14 bits per heavy atom. The number of carbonyl (C=O) groups excluding carboxylic acids is 1. The SMILES string of the molecule is Cc1cc(OCC(=O)NC(C(C)C)C(C)C)cc(C)c1Br. The molecule has 1 aromatic rings. The van der Waals surface area contributed by atoms with E-state index in [1.807, 2.05) is 26.0 Å². The van der Waals surface area contributed by atoms with Crippen LogP contribution in [0.5, 0.6) is 5.75 Å². The number of carbonyl (C=O) groups is 1. The molecule has 0 fully saturated rings. The highest BCUT2D eigenvalue weighted by atomic mass is 79.9. The van der Waals surface area contributed by atoms with E-state index in [4.69, 9.17) is 4.74 Å². The van der Waals surface area contributed by atoms with Gasteiger partial charge in [0.05, 0.1) is 0 Å². The van der Waals surface area contributed by atoms with Crippen LogP contribution in [0.3, 0.4) is 0 Å². The molecular formula is C17H26BrNO2. The molecule has 118 valence electrons. The standard InChI is InChI=1S/C17H26BrNO2/c1-10(2)17(11(3)4)19-15(20)9-21-14-7-12(5)16(18)13(6)8-14/h7-8,10-11,17H,9H2,1-6H3,(H,19,20). The normalized spacial score (nSPS) is 11.3. The fourth-order valence-corrected chi connectivity index (χ4v) is 2.70. The largest absolute Gasteiger partial charge is 0.484 e. The summed E-state index contributed by atoms with van der Waals surface area (Å²) in [6, 6.07) is 4.05. The van der Waals surface area contributed by atoms with Crippen molar-refractivity contribution in [2.24, 2.45) is 11.8 Å². The molecule has 1 aromatic carbocycles. The van der Waals surface area contributed by atoms with E-state index < -0.39 is 0 Å². The van der Waals surface area contributed by atoms with E-state index in [2.05, 4.69) is 48.9 Å². The molecule has 0 aromatic heterocycles. The molecule has 0 bridgehead atoms. The zero-order valence-corrected chi connectivity index (χ0v) is 15.4. The van der Waals surface area contributed by atoms with Gasteiger partial charge in [-0.2, -0.15) is 0 Å². The predicted molar refractivity (Wildman–Crippen MR) is 90.7 cm³/mol. The fourth-order valence-electron chi connectivity index (χ4n) is 2.47. The van der Waals surface area contributed by atoms with Gasteiger partial charge in [-0.05, 0) is 48.9 Å². The van der Waals surface area contributed by atoms with Gasteiger partial charge in [-0.25, -0.2) is 0 Å². The van der Waals surface area contributed by atoms with Crippen molar-refractivity contribution in [3.63, 3.8) is 0 Å². The lowest BCUT2D eigenvalue weighted by atomic mass is 9.93. The second-order valence-corrected chi connectivity index (χ2v) is 7.03.